The number of aromatic nitrogens is 2. The van der Waals surface area contributed by atoms with Crippen molar-refractivity contribution in [1.82, 2.24) is 15.5 Å². The minimum atomic E-state index is 0.731. The lowest BCUT2D eigenvalue weighted by Gasteiger charge is -2.00. The summed E-state index contributed by atoms with van der Waals surface area (Å²) in [6.07, 6.45) is 0.889. The maximum absolute atomic E-state index is 5.90. The second kappa shape index (κ2) is 7.16. The van der Waals surface area contributed by atoms with Crippen LogP contribution in [0.15, 0.2) is 12.1 Å². The van der Waals surface area contributed by atoms with Crippen LogP contribution in [0.1, 0.15) is 5.01 Å². The van der Waals surface area contributed by atoms with E-state index >= 15 is 0 Å². The van der Waals surface area contributed by atoms with E-state index < -0.39 is 0 Å². The average Bonchev–Trinajstić information content (AvgIpc) is 2.97. The van der Waals surface area contributed by atoms with Gasteiger partial charge in [-0.25, -0.2) is 0 Å². The van der Waals surface area contributed by atoms with Gasteiger partial charge < -0.3 is 10.1 Å². The molecule has 0 spiro atoms. The highest BCUT2D eigenvalue weighted by atomic mass is 35.5. The van der Waals surface area contributed by atoms with Crippen molar-refractivity contribution in [2.75, 3.05) is 26.8 Å². The molecule has 0 unspecified atom stereocenters. The molecular weight excluding hydrogens is 290 g/mol. The maximum atomic E-state index is 5.90. The summed E-state index contributed by atoms with van der Waals surface area (Å²) in [5, 5.41) is 13.6. The van der Waals surface area contributed by atoms with Crippen molar-refractivity contribution in [3.8, 4) is 9.88 Å². The predicted molar refractivity (Wildman–Crippen MR) is 76.7 cm³/mol. The highest BCUT2D eigenvalue weighted by molar-refractivity contribution is 7.23. The van der Waals surface area contributed by atoms with Gasteiger partial charge in [-0.3, -0.25) is 0 Å². The maximum Gasteiger partial charge on any atom is 0.157 e. The molecule has 7 heteroatoms. The van der Waals surface area contributed by atoms with Crippen molar-refractivity contribution >= 4 is 34.3 Å². The Bertz CT molecular complexity index is 486. The minimum absolute atomic E-state index is 0.731. The Kier molecular flexibility index (Phi) is 5.52. The van der Waals surface area contributed by atoms with Crippen LogP contribution in [-0.4, -0.2) is 37.0 Å². The fourth-order valence-electron chi connectivity index (χ4n) is 1.38. The number of thiophene rings is 1. The highest BCUT2D eigenvalue weighted by Crippen LogP contribution is 2.32. The summed E-state index contributed by atoms with van der Waals surface area (Å²) in [6, 6.07) is 3.86. The van der Waals surface area contributed by atoms with E-state index in [4.69, 9.17) is 16.3 Å². The fraction of sp³-hybridized carbons (Fsp3) is 0.455. The molecule has 2 aromatic heterocycles. The van der Waals surface area contributed by atoms with Crippen molar-refractivity contribution in [2.24, 2.45) is 0 Å². The topological polar surface area (TPSA) is 47.0 Å². The van der Waals surface area contributed by atoms with Crippen LogP contribution >= 0.6 is 34.3 Å². The first-order valence-electron chi connectivity index (χ1n) is 5.57. The Hall–Kier alpha value is -0.530. The van der Waals surface area contributed by atoms with Gasteiger partial charge in [-0.1, -0.05) is 22.9 Å². The van der Waals surface area contributed by atoms with Gasteiger partial charge in [-0.2, -0.15) is 0 Å². The van der Waals surface area contributed by atoms with Gasteiger partial charge in [0.25, 0.3) is 0 Å². The molecule has 0 radical (unpaired) electrons. The molecule has 0 aliphatic heterocycles. The molecule has 98 valence electrons. The second-order valence-corrected chi connectivity index (χ2v) is 6.37. The summed E-state index contributed by atoms with van der Waals surface area (Å²) >= 11 is 9.05. The number of nitrogens with zero attached hydrogens (tertiary/aromatic N) is 2. The van der Waals surface area contributed by atoms with Gasteiger partial charge in [-0.15, -0.1) is 21.5 Å². The van der Waals surface area contributed by atoms with Crippen LogP contribution < -0.4 is 5.32 Å². The molecule has 0 atom stereocenters. The Balaban J connectivity index is 1.83. The zero-order valence-corrected chi connectivity index (χ0v) is 12.4. The zero-order chi connectivity index (χ0) is 12.8. The smallest absolute Gasteiger partial charge is 0.157 e. The van der Waals surface area contributed by atoms with E-state index in [9.17, 15) is 0 Å². The monoisotopic (exact) mass is 303 g/mol. The van der Waals surface area contributed by atoms with E-state index in [2.05, 4.69) is 15.5 Å². The van der Waals surface area contributed by atoms with Gasteiger partial charge in [0.2, 0.25) is 0 Å². The van der Waals surface area contributed by atoms with E-state index in [0.29, 0.717) is 0 Å². The number of hydrogen-bond acceptors (Lipinski definition) is 6. The standard InChI is InChI=1S/C11H14ClN3OS2/c1-16-7-6-13-5-4-10-14-15-11(18-10)8-2-3-9(12)17-8/h2-3,13H,4-7H2,1H3. The Labute approximate surface area is 119 Å². The van der Waals surface area contributed by atoms with Gasteiger partial charge >= 0.3 is 0 Å². The summed E-state index contributed by atoms with van der Waals surface area (Å²) in [4.78, 5) is 1.08. The quantitative estimate of drug-likeness (QED) is 0.799. The average molecular weight is 304 g/mol. The predicted octanol–water partition coefficient (Wildman–Crippen LogP) is 2.70. The molecule has 18 heavy (non-hydrogen) atoms. The van der Waals surface area contributed by atoms with Gasteiger partial charge in [-0.05, 0) is 12.1 Å². The number of halogens is 1. The minimum Gasteiger partial charge on any atom is -0.383 e. The SMILES string of the molecule is COCCNCCc1nnc(-c2ccc(Cl)s2)s1. The zero-order valence-electron chi connectivity index (χ0n) is 9.98. The highest BCUT2D eigenvalue weighted by Gasteiger charge is 2.08. The largest absolute Gasteiger partial charge is 0.383 e. The molecule has 0 fully saturated rings. The number of hydrogen-bond donors (Lipinski definition) is 1. The summed E-state index contributed by atoms with van der Waals surface area (Å²) < 4.78 is 5.74. The van der Waals surface area contributed by atoms with Gasteiger partial charge in [0, 0.05) is 26.6 Å². The Morgan fingerprint density at radius 1 is 1.28 bits per heavy atom. The molecule has 4 nitrogen and oxygen atoms in total. The molecular formula is C11H14ClN3OS2. The summed E-state index contributed by atoms with van der Waals surface area (Å²) in [6.45, 7) is 2.49. The van der Waals surface area contributed by atoms with Crippen LogP contribution in [0, 0.1) is 0 Å². The molecule has 2 rings (SSSR count). The molecule has 2 heterocycles. The third kappa shape index (κ3) is 4.00. The molecule has 0 saturated heterocycles. The van der Waals surface area contributed by atoms with E-state index in [1.54, 1.807) is 18.4 Å². The molecule has 0 aliphatic carbocycles. The van der Waals surface area contributed by atoms with E-state index in [-0.39, 0.29) is 0 Å². The molecule has 0 amide bonds. The third-order valence-electron chi connectivity index (χ3n) is 2.25. The van der Waals surface area contributed by atoms with Crippen LogP contribution in [0.5, 0.6) is 0 Å². The van der Waals surface area contributed by atoms with Crippen molar-refractivity contribution in [3.05, 3.63) is 21.5 Å². The summed E-state index contributed by atoms with van der Waals surface area (Å²) in [7, 11) is 1.70. The van der Waals surface area contributed by atoms with Crippen LogP contribution in [0.2, 0.25) is 4.34 Å². The molecule has 0 saturated carbocycles. The molecule has 0 aromatic carbocycles. The Morgan fingerprint density at radius 2 is 2.17 bits per heavy atom. The van der Waals surface area contributed by atoms with E-state index in [1.807, 2.05) is 12.1 Å². The molecule has 2 aromatic rings. The fourth-order valence-corrected chi connectivity index (χ4v) is 3.31. The molecule has 0 aliphatic rings. The van der Waals surface area contributed by atoms with Crippen molar-refractivity contribution in [3.63, 3.8) is 0 Å². The summed E-state index contributed by atoms with van der Waals surface area (Å²) in [5.74, 6) is 0. The first-order chi connectivity index (χ1) is 8.79. The van der Waals surface area contributed by atoms with Crippen molar-refractivity contribution in [2.45, 2.75) is 6.42 Å². The molecule has 0 bridgehead atoms. The van der Waals surface area contributed by atoms with Crippen LogP contribution in [0.4, 0.5) is 0 Å². The van der Waals surface area contributed by atoms with Crippen molar-refractivity contribution < 1.29 is 4.74 Å². The third-order valence-corrected chi connectivity index (χ3v) is 4.63. The second-order valence-electron chi connectivity index (χ2n) is 3.60. The van der Waals surface area contributed by atoms with Crippen LogP contribution in [0.25, 0.3) is 9.88 Å². The molecule has 1 N–H and O–H groups in total. The number of methoxy groups -OCH3 is 1. The van der Waals surface area contributed by atoms with Crippen LogP contribution in [0.3, 0.4) is 0 Å². The lowest BCUT2D eigenvalue weighted by Crippen LogP contribution is -2.21. The van der Waals surface area contributed by atoms with Crippen LogP contribution in [-0.2, 0) is 11.2 Å². The number of rotatable bonds is 7. The van der Waals surface area contributed by atoms with E-state index in [0.717, 1.165) is 45.3 Å². The number of ether oxygens (including phenoxy) is 1. The van der Waals surface area contributed by atoms with E-state index in [1.165, 1.54) is 11.3 Å². The van der Waals surface area contributed by atoms with Gasteiger partial charge in [0.1, 0.15) is 5.01 Å². The first-order valence-corrected chi connectivity index (χ1v) is 7.58. The first kappa shape index (κ1) is 13.9. The lowest BCUT2D eigenvalue weighted by atomic mass is 10.4. The summed E-state index contributed by atoms with van der Waals surface area (Å²) in [5.41, 5.74) is 0. The normalized spacial score (nSPS) is 11.0. The lowest BCUT2D eigenvalue weighted by molar-refractivity contribution is 0.199. The Morgan fingerprint density at radius 3 is 2.89 bits per heavy atom. The van der Waals surface area contributed by atoms with Gasteiger partial charge in [0.05, 0.1) is 15.8 Å². The van der Waals surface area contributed by atoms with Crippen molar-refractivity contribution in [1.29, 1.82) is 0 Å². The van der Waals surface area contributed by atoms with Gasteiger partial charge in [0.15, 0.2) is 5.01 Å². The number of nitrogens with one attached hydrogen (secondary N) is 1.